The van der Waals surface area contributed by atoms with Crippen LogP contribution in [0, 0.1) is 28.4 Å². The van der Waals surface area contributed by atoms with Gasteiger partial charge in [0.05, 0.1) is 40.3 Å². The van der Waals surface area contributed by atoms with E-state index in [0.717, 1.165) is 16.6 Å². The number of nitrogens with one attached hydrogen (secondary N) is 1. The molecule has 8 nitrogen and oxygen atoms in total. The number of nitrogens with zero attached hydrogens (tertiary/aromatic N) is 3. The maximum absolute atomic E-state index is 11.4. The number of hydrogen-bond acceptors (Lipinski definition) is 6. The lowest BCUT2D eigenvalue weighted by molar-refractivity contribution is -0.384. The Labute approximate surface area is 171 Å². The average Bonchev–Trinajstić information content (AvgIpc) is 3.37. The summed E-state index contributed by atoms with van der Waals surface area (Å²) in [4.78, 5) is 18.5. The number of hydrogen-bond donors (Lipinski definition) is 1. The number of nitro benzene ring substituents is 1. The standard InChI is InChI=1S/C22H16N4O4/c1-13-3-7-18-19(9-13)25-22(24-18)14(12-23)10-16-5-8-21(30-16)17-6-4-15(29-2)11-20(17)26(27)28/h3-11H,1-2H3,(H,24,25)/b14-10+. The molecule has 0 unspecified atom stereocenters. The van der Waals surface area contributed by atoms with Gasteiger partial charge in [0, 0.05) is 6.08 Å². The molecule has 0 aliphatic rings. The number of H-pyrrole nitrogens is 1. The van der Waals surface area contributed by atoms with Crippen molar-refractivity contribution in [1.29, 1.82) is 5.26 Å². The van der Waals surface area contributed by atoms with E-state index in [1.54, 1.807) is 30.3 Å². The molecular formula is C22H16N4O4. The zero-order chi connectivity index (χ0) is 21.3. The summed E-state index contributed by atoms with van der Waals surface area (Å²) in [5.74, 6) is 1.49. The van der Waals surface area contributed by atoms with Crippen molar-refractivity contribution in [1.82, 2.24) is 9.97 Å². The summed E-state index contributed by atoms with van der Waals surface area (Å²) in [6.45, 7) is 1.98. The molecule has 8 heteroatoms. The predicted octanol–water partition coefficient (Wildman–Crippen LogP) is 5.11. The zero-order valence-corrected chi connectivity index (χ0v) is 16.2. The number of aromatic nitrogens is 2. The molecule has 2 aromatic carbocycles. The van der Waals surface area contributed by atoms with Crippen LogP contribution in [0.15, 0.2) is 52.9 Å². The van der Waals surface area contributed by atoms with Gasteiger partial charge in [-0.25, -0.2) is 4.98 Å². The average molecular weight is 400 g/mol. The van der Waals surface area contributed by atoms with E-state index in [2.05, 4.69) is 16.0 Å². The number of nitriles is 1. The maximum Gasteiger partial charge on any atom is 0.284 e. The predicted molar refractivity (Wildman–Crippen MR) is 112 cm³/mol. The van der Waals surface area contributed by atoms with E-state index in [1.165, 1.54) is 13.2 Å². The lowest BCUT2D eigenvalue weighted by Crippen LogP contribution is -1.93. The topological polar surface area (TPSA) is 118 Å². The lowest BCUT2D eigenvalue weighted by atomic mass is 10.1. The molecule has 148 valence electrons. The summed E-state index contributed by atoms with van der Waals surface area (Å²) >= 11 is 0. The maximum atomic E-state index is 11.4. The van der Waals surface area contributed by atoms with Crippen LogP contribution in [0.1, 0.15) is 17.1 Å². The molecule has 2 aromatic heterocycles. The summed E-state index contributed by atoms with van der Waals surface area (Å²) in [7, 11) is 1.44. The van der Waals surface area contributed by atoms with E-state index in [4.69, 9.17) is 9.15 Å². The van der Waals surface area contributed by atoms with Crippen LogP contribution in [-0.4, -0.2) is 22.0 Å². The normalized spacial score (nSPS) is 11.4. The van der Waals surface area contributed by atoms with Crippen molar-refractivity contribution in [3.63, 3.8) is 0 Å². The Kier molecular flexibility index (Phi) is 4.78. The van der Waals surface area contributed by atoms with Gasteiger partial charge in [0.25, 0.3) is 5.69 Å². The number of benzene rings is 2. The highest BCUT2D eigenvalue weighted by Crippen LogP contribution is 2.34. The minimum Gasteiger partial charge on any atom is -0.497 e. The molecule has 0 bridgehead atoms. The molecule has 30 heavy (non-hydrogen) atoms. The number of aryl methyl sites for hydroxylation is 1. The SMILES string of the molecule is COc1ccc(-c2ccc(/C=C(\C#N)c3nc4ccc(C)cc4[nH]3)o2)c([N+](=O)[O-])c1. The molecule has 2 heterocycles. The van der Waals surface area contributed by atoms with Gasteiger partial charge in [-0.1, -0.05) is 6.07 Å². The van der Waals surface area contributed by atoms with Crippen LogP contribution in [0.3, 0.4) is 0 Å². The van der Waals surface area contributed by atoms with Gasteiger partial charge in [0.15, 0.2) is 0 Å². The Morgan fingerprint density at radius 3 is 2.83 bits per heavy atom. The largest absolute Gasteiger partial charge is 0.497 e. The molecule has 1 N–H and O–H groups in total. The highest BCUT2D eigenvalue weighted by Gasteiger charge is 2.19. The lowest BCUT2D eigenvalue weighted by Gasteiger charge is -2.03. The zero-order valence-electron chi connectivity index (χ0n) is 16.2. The number of methoxy groups -OCH3 is 1. The molecule has 0 spiro atoms. The van der Waals surface area contributed by atoms with Crippen molar-refractivity contribution in [2.24, 2.45) is 0 Å². The first-order chi connectivity index (χ1) is 14.5. The number of fused-ring (bicyclic) bond motifs is 1. The fourth-order valence-corrected chi connectivity index (χ4v) is 3.12. The van der Waals surface area contributed by atoms with E-state index < -0.39 is 4.92 Å². The first-order valence-electron chi connectivity index (χ1n) is 8.99. The monoisotopic (exact) mass is 400 g/mol. The highest BCUT2D eigenvalue weighted by atomic mass is 16.6. The fourth-order valence-electron chi connectivity index (χ4n) is 3.12. The van der Waals surface area contributed by atoms with Gasteiger partial charge in [0.1, 0.15) is 29.2 Å². The molecule has 0 aliphatic heterocycles. The number of allylic oxidation sites excluding steroid dienone is 1. The minimum absolute atomic E-state index is 0.132. The second-order valence-electron chi connectivity index (χ2n) is 6.62. The first kappa shape index (κ1) is 19.0. The van der Waals surface area contributed by atoms with Gasteiger partial charge in [-0.05, 0) is 48.9 Å². The fraction of sp³-hybridized carbons (Fsp3) is 0.0909. The van der Waals surface area contributed by atoms with Gasteiger partial charge >= 0.3 is 0 Å². The Hall–Kier alpha value is -4.38. The van der Waals surface area contributed by atoms with Gasteiger partial charge in [-0.15, -0.1) is 0 Å². The summed E-state index contributed by atoms with van der Waals surface area (Å²) in [6, 6.07) is 15.7. The summed E-state index contributed by atoms with van der Waals surface area (Å²) in [6.07, 6.45) is 1.55. The molecule has 0 aliphatic carbocycles. The Balaban J connectivity index is 1.72. The van der Waals surface area contributed by atoms with Gasteiger partial charge in [0.2, 0.25) is 0 Å². The third-order valence-corrected chi connectivity index (χ3v) is 4.59. The number of rotatable bonds is 5. The van der Waals surface area contributed by atoms with Gasteiger partial charge in [-0.3, -0.25) is 10.1 Å². The van der Waals surface area contributed by atoms with Gasteiger partial charge < -0.3 is 14.1 Å². The molecule has 4 aromatic rings. The van der Waals surface area contributed by atoms with Crippen LogP contribution in [0.25, 0.3) is 34.0 Å². The van der Waals surface area contributed by atoms with Crippen LogP contribution in [0.4, 0.5) is 5.69 Å². The second kappa shape index (κ2) is 7.56. The van der Waals surface area contributed by atoms with E-state index >= 15 is 0 Å². The number of aromatic amines is 1. The van der Waals surface area contributed by atoms with Crippen molar-refractivity contribution >= 4 is 28.4 Å². The Morgan fingerprint density at radius 2 is 2.10 bits per heavy atom. The van der Waals surface area contributed by atoms with E-state index in [9.17, 15) is 15.4 Å². The third kappa shape index (κ3) is 3.52. The van der Waals surface area contributed by atoms with Crippen LogP contribution in [-0.2, 0) is 0 Å². The second-order valence-corrected chi connectivity index (χ2v) is 6.62. The van der Waals surface area contributed by atoms with Crippen LogP contribution in [0.2, 0.25) is 0 Å². The van der Waals surface area contributed by atoms with E-state index in [0.29, 0.717) is 28.7 Å². The molecule has 0 amide bonds. The van der Waals surface area contributed by atoms with Crippen molar-refractivity contribution in [3.05, 3.63) is 75.8 Å². The molecule has 4 rings (SSSR count). The molecule has 0 radical (unpaired) electrons. The minimum atomic E-state index is -0.493. The van der Waals surface area contributed by atoms with Crippen molar-refractivity contribution in [2.75, 3.05) is 7.11 Å². The first-order valence-corrected chi connectivity index (χ1v) is 8.99. The summed E-state index contributed by atoms with van der Waals surface area (Å²) in [5.41, 5.74) is 3.14. The van der Waals surface area contributed by atoms with E-state index in [-0.39, 0.29) is 11.3 Å². The molecule has 0 fully saturated rings. The van der Waals surface area contributed by atoms with Crippen molar-refractivity contribution in [3.8, 4) is 23.1 Å². The Morgan fingerprint density at radius 1 is 1.27 bits per heavy atom. The van der Waals surface area contributed by atoms with E-state index in [1.807, 2.05) is 25.1 Å². The highest BCUT2D eigenvalue weighted by molar-refractivity contribution is 5.90. The molecule has 0 atom stereocenters. The number of furan rings is 1. The number of nitro groups is 1. The number of imidazole rings is 1. The summed E-state index contributed by atoms with van der Waals surface area (Å²) < 4.78 is 10.8. The van der Waals surface area contributed by atoms with Crippen LogP contribution >= 0.6 is 0 Å². The number of ether oxygens (including phenoxy) is 1. The molecule has 0 saturated carbocycles. The van der Waals surface area contributed by atoms with Gasteiger partial charge in [-0.2, -0.15) is 5.26 Å². The van der Waals surface area contributed by atoms with Crippen LogP contribution < -0.4 is 4.74 Å². The molecule has 0 saturated heterocycles. The van der Waals surface area contributed by atoms with Crippen molar-refractivity contribution in [2.45, 2.75) is 6.92 Å². The summed E-state index contributed by atoms with van der Waals surface area (Å²) in [5, 5.41) is 21.0. The smallest absolute Gasteiger partial charge is 0.284 e. The third-order valence-electron chi connectivity index (χ3n) is 4.59. The van der Waals surface area contributed by atoms with Crippen molar-refractivity contribution < 1.29 is 14.1 Å². The quantitative estimate of drug-likeness (QED) is 0.282. The Bertz CT molecular complexity index is 1340. The van der Waals surface area contributed by atoms with Crippen LogP contribution in [0.5, 0.6) is 5.75 Å². The molecular weight excluding hydrogens is 384 g/mol.